The molecular weight excluding hydrogens is 399 g/mol. The molecule has 0 bridgehead atoms. The second kappa shape index (κ2) is 7.70. The van der Waals surface area contributed by atoms with Gasteiger partial charge >= 0.3 is 6.18 Å². The van der Waals surface area contributed by atoms with Crippen molar-refractivity contribution in [3.05, 3.63) is 69.1 Å². The number of aryl methyl sites for hydroxylation is 1. The van der Waals surface area contributed by atoms with Crippen LogP contribution in [0.3, 0.4) is 0 Å². The molecule has 0 radical (unpaired) electrons. The molecule has 2 aromatic carbocycles. The summed E-state index contributed by atoms with van der Waals surface area (Å²) in [5.41, 5.74) is 1.84. The average molecular weight is 412 g/mol. The molecule has 140 valence electrons. The minimum Gasteiger partial charge on any atom is -0.489 e. The molecule has 1 aromatic heterocycles. The van der Waals surface area contributed by atoms with Crippen molar-refractivity contribution in [2.24, 2.45) is 0 Å². The number of nitrogens with zero attached hydrogens (tertiary/aromatic N) is 1. The minimum absolute atomic E-state index is 0.0527. The molecule has 0 saturated heterocycles. The van der Waals surface area contributed by atoms with E-state index < -0.39 is 11.1 Å². The summed E-state index contributed by atoms with van der Waals surface area (Å²) in [5, 5.41) is 0.476. The number of carbonyl (C=O) groups is 1. The number of rotatable bonds is 5. The van der Waals surface area contributed by atoms with Crippen molar-refractivity contribution in [2.45, 2.75) is 19.7 Å². The predicted octanol–water partition coefficient (Wildman–Crippen LogP) is 6.18. The maximum atomic E-state index is 13.4. The topological polar surface area (TPSA) is 39.2 Å². The fraction of sp³-hybridized carbons (Fsp3) is 0.158. The average Bonchev–Trinajstić information content (AvgIpc) is 3.06. The van der Waals surface area contributed by atoms with Crippen LogP contribution in [0.2, 0.25) is 5.02 Å². The van der Waals surface area contributed by atoms with E-state index in [1.54, 1.807) is 43.3 Å². The van der Waals surface area contributed by atoms with Gasteiger partial charge in [-0.2, -0.15) is 17.5 Å². The molecule has 0 fully saturated rings. The molecule has 0 saturated carbocycles. The number of halogens is 4. The molecule has 0 spiro atoms. The molecule has 0 amide bonds. The van der Waals surface area contributed by atoms with Crippen molar-refractivity contribution in [3.63, 3.8) is 0 Å². The third kappa shape index (κ3) is 4.31. The van der Waals surface area contributed by atoms with Crippen molar-refractivity contribution in [3.8, 4) is 17.0 Å². The highest BCUT2D eigenvalue weighted by Crippen LogP contribution is 2.40. The number of hydrogen-bond acceptors (Lipinski definition) is 4. The number of benzene rings is 2. The first-order valence-electron chi connectivity index (χ1n) is 7.80. The molecule has 3 rings (SSSR count). The molecule has 0 N–H and O–H groups in total. The lowest BCUT2D eigenvalue weighted by molar-refractivity contribution is -0.135. The van der Waals surface area contributed by atoms with Crippen molar-refractivity contribution in [1.82, 2.24) is 4.37 Å². The second-order valence-electron chi connectivity index (χ2n) is 5.77. The van der Waals surface area contributed by atoms with Crippen LogP contribution in [0.1, 0.15) is 26.4 Å². The number of hydrogen-bond donors (Lipinski definition) is 0. The van der Waals surface area contributed by atoms with Crippen LogP contribution >= 0.6 is 23.1 Å². The standard InChI is InChI=1S/C19H13ClF3NO2S/c1-11-2-7-15(8-13(11)9-25)26-10-16-17(12-3-5-14(20)6-4-12)24-27-18(16)19(21,22)23/h2-9H,10H2,1H3. The van der Waals surface area contributed by atoms with Gasteiger partial charge in [-0.15, -0.1) is 0 Å². The lowest BCUT2D eigenvalue weighted by Gasteiger charge is -2.12. The van der Waals surface area contributed by atoms with E-state index in [9.17, 15) is 18.0 Å². The zero-order valence-corrected chi connectivity index (χ0v) is 15.6. The number of aldehydes is 1. The minimum atomic E-state index is -4.54. The van der Waals surface area contributed by atoms with Gasteiger partial charge in [-0.05, 0) is 48.3 Å². The van der Waals surface area contributed by atoms with Crippen LogP contribution in [0.15, 0.2) is 42.5 Å². The maximum Gasteiger partial charge on any atom is 0.427 e. The van der Waals surface area contributed by atoms with Gasteiger partial charge in [0, 0.05) is 21.7 Å². The molecule has 0 aliphatic carbocycles. The van der Waals surface area contributed by atoms with Crippen LogP contribution < -0.4 is 4.74 Å². The van der Waals surface area contributed by atoms with Gasteiger partial charge in [-0.1, -0.05) is 29.8 Å². The third-order valence-electron chi connectivity index (χ3n) is 3.92. The van der Waals surface area contributed by atoms with Crippen molar-refractivity contribution in [2.75, 3.05) is 0 Å². The summed E-state index contributed by atoms with van der Waals surface area (Å²) in [6.07, 6.45) is -3.86. The van der Waals surface area contributed by atoms with Gasteiger partial charge in [0.15, 0.2) is 0 Å². The van der Waals surface area contributed by atoms with E-state index in [0.29, 0.717) is 39.7 Å². The first-order valence-corrected chi connectivity index (χ1v) is 8.95. The maximum absolute atomic E-state index is 13.4. The van der Waals surface area contributed by atoms with Gasteiger partial charge in [0.2, 0.25) is 0 Å². The molecule has 1 heterocycles. The van der Waals surface area contributed by atoms with Gasteiger partial charge in [-0.3, -0.25) is 4.79 Å². The SMILES string of the molecule is Cc1ccc(OCc2c(-c3ccc(Cl)cc3)nsc2C(F)(F)F)cc1C=O. The lowest BCUT2D eigenvalue weighted by Crippen LogP contribution is -2.08. The molecule has 0 aliphatic heterocycles. The van der Waals surface area contributed by atoms with E-state index in [1.165, 1.54) is 6.07 Å². The summed E-state index contributed by atoms with van der Waals surface area (Å²) in [5.74, 6) is 0.309. The van der Waals surface area contributed by atoms with Crippen LogP contribution in [0, 0.1) is 6.92 Å². The van der Waals surface area contributed by atoms with E-state index in [0.717, 1.165) is 5.56 Å². The number of alkyl halides is 3. The summed E-state index contributed by atoms with van der Waals surface area (Å²) in [6.45, 7) is 1.43. The van der Waals surface area contributed by atoms with Crippen LogP contribution in [0.5, 0.6) is 5.75 Å². The van der Waals surface area contributed by atoms with E-state index in [4.69, 9.17) is 16.3 Å². The molecule has 8 heteroatoms. The highest BCUT2D eigenvalue weighted by atomic mass is 35.5. The predicted molar refractivity (Wildman–Crippen MR) is 98.5 cm³/mol. The van der Waals surface area contributed by atoms with Gasteiger partial charge in [0.1, 0.15) is 23.5 Å². The van der Waals surface area contributed by atoms with Crippen LogP contribution in [-0.4, -0.2) is 10.7 Å². The quantitative estimate of drug-likeness (QED) is 0.470. The van der Waals surface area contributed by atoms with Gasteiger partial charge in [0.05, 0.1) is 5.69 Å². The summed E-state index contributed by atoms with van der Waals surface area (Å²) in [4.78, 5) is 10.2. The molecule has 0 aliphatic rings. The Labute approximate surface area is 162 Å². The molecular formula is C19H13ClF3NO2S. The lowest BCUT2D eigenvalue weighted by atomic mass is 10.1. The van der Waals surface area contributed by atoms with Crippen LogP contribution in [-0.2, 0) is 12.8 Å². The van der Waals surface area contributed by atoms with Crippen molar-refractivity contribution in [1.29, 1.82) is 0 Å². The monoisotopic (exact) mass is 411 g/mol. The van der Waals surface area contributed by atoms with E-state index >= 15 is 0 Å². The Hall–Kier alpha value is -2.38. The summed E-state index contributed by atoms with van der Waals surface area (Å²) >= 11 is 6.23. The van der Waals surface area contributed by atoms with Crippen molar-refractivity contribution < 1.29 is 22.7 Å². The molecule has 0 unspecified atom stereocenters. The third-order valence-corrected chi connectivity index (χ3v) is 5.11. The first kappa shape index (κ1) is 19.4. The largest absolute Gasteiger partial charge is 0.489 e. The molecule has 27 heavy (non-hydrogen) atoms. The highest BCUT2D eigenvalue weighted by Gasteiger charge is 2.38. The Kier molecular flexibility index (Phi) is 5.53. The number of aromatic nitrogens is 1. The molecule has 3 nitrogen and oxygen atoms in total. The van der Waals surface area contributed by atoms with Gasteiger partial charge in [0.25, 0.3) is 0 Å². The Morgan fingerprint density at radius 2 is 1.89 bits per heavy atom. The normalized spacial score (nSPS) is 11.4. The first-order chi connectivity index (χ1) is 12.8. The van der Waals surface area contributed by atoms with E-state index in [1.807, 2.05) is 0 Å². The highest BCUT2D eigenvalue weighted by molar-refractivity contribution is 7.06. The number of carbonyl (C=O) groups excluding carboxylic acids is 1. The summed E-state index contributed by atoms with van der Waals surface area (Å²) in [7, 11) is 0. The molecule has 3 aromatic rings. The summed E-state index contributed by atoms with van der Waals surface area (Å²) < 4.78 is 49.7. The number of ether oxygens (including phenoxy) is 1. The smallest absolute Gasteiger partial charge is 0.427 e. The van der Waals surface area contributed by atoms with Crippen molar-refractivity contribution >= 4 is 29.4 Å². The Morgan fingerprint density at radius 3 is 2.52 bits per heavy atom. The second-order valence-corrected chi connectivity index (χ2v) is 6.98. The van der Waals surface area contributed by atoms with Gasteiger partial charge in [-0.25, -0.2) is 0 Å². The zero-order valence-electron chi connectivity index (χ0n) is 14.0. The fourth-order valence-corrected chi connectivity index (χ4v) is 3.38. The van der Waals surface area contributed by atoms with E-state index in [-0.39, 0.29) is 17.9 Å². The Morgan fingerprint density at radius 1 is 1.19 bits per heavy atom. The van der Waals surface area contributed by atoms with Gasteiger partial charge < -0.3 is 4.74 Å². The van der Waals surface area contributed by atoms with Crippen LogP contribution in [0.4, 0.5) is 13.2 Å². The summed E-state index contributed by atoms with van der Waals surface area (Å²) in [6, 6.07) is 11.2. The Bertz CT molecular complexity index is 968. The van der Waals surface area contributed by atoms with Crippen LogP contribution in [0.25, 0.3) is 11.3 Å². The zero-order chi connectivity index (χ0) is 19.6. The Balaban J connectivity index is 1.96. The molecule has 0 atom stereocenters. The van der Waals surface area contributed by atoms with E-state index in [2.05, 4.69) is 4.37 Å². The fourth-order valence-electron chi connectivity index (χ4n) is 2.49.